The van der Waals surface area contributed by atoms with Crippen molar-refractivity contribution >= 4 is 21.6 Å². The van der Waals surface area contributed by atoms with E-state index >= 15 is 0 Å². The molecule has 0 saturated heterocycles. The number of hydrogen-bond donors (Lipinski definition) is 2. The number of hydrogen-bond acceptors (Lipinski definition) is 2. The van der Waals surface area contributed by atoms with Crippen LogP contribution in [-0.4, -0.2) is 11.7 Å². The molecule has 3 heteroatoms. The van der Waals surface area contributed by atoms with Gasteiger partial charge in [-0.25, -0.2) is 0 Å². The van der Waals surface area contributed by atoms with E-state index in [0.29, 0.717) is 0 Å². The van der Waals surface area contributed by atoms with Gasteiger partial charge in [0.2, 0.25) is 0 Å². The van der Waals surface area contributed by atoms with Gasteiger partial charge in [0.05, 0.1) is 12.6 Å². The highest BCUT2D eigenvalue weighted by Gasteiger charge is 2.15. The van der Waals surface area contributed by atoms with Crippen LogP contribution in [0.4, 0.5) is 5.69 Å². The summed E-state index contributed by atoms with van der Waals surface area (Å²) in [5, 5.41) is 13.1. The fourth-order valence-electron chi connectivity index (χ4n) is 2.37. The first-order valence-electron chi connectivity index (χ1n) is 6.31. The van der Waals surface area contributed by atoms with Crippen LogP contribution >= 0.6 is 15.9 Å². The lowest BCUT2D eigenvalue weighted by Gasteiger charge is -2.22. The number of halogens is 1. The van der Waals surface area contributed by atoms with E-state index in [-0.39, 0.29) is 12.6 Å². The Labute approximate surface area is 122 Å². The molecule has 2 N–H and O–H groups in total. The van der Waals surface area contributed by atoms with Crippen molar-refractivity contribution in [3.63, 3.8) is 0 Å². The normalized spacial score (nSPS) is 12.2. The monoisotopic (exact) mass is 319 g/mol. The van der Waals surface area contributed by atoms with E-state index in [0.717, 1.165) is 10.2 Å². The smallest absolute Gasteiger partial charge is 0.0750 e. The lowest BCUT2D eigenvalue weighted by Crippen LogP contribution is -2.17. The Balaban J connectivity index is 2.30. The van der Waals surface area contributed by atoms with Crippen LogP contribution in [0.1, 0.15) is 22.7 Å². The van der Waals surface area contributed by atoms with E-state index in [2.05, 4.69) is 47.2 Å². The molecule has 19 heavy (non-hydrogen) atoms. The highest BCUT2D eigenvalue weighted by Crippen LogP contribution is 2.26. The molecule has 0 fully saturated rings. The molecule has 0 aliphatic heterocycles. The van der Waals surface area contributed by atoms with Gasteiger partial charge in [0.15, 0.2) is 0 Å². The molecule has 1 atom stereocenters. The molecule has 0 aliphatic carbocycles. The van der Waals surface area contributed by atoms with Gasteiger partial charge in [0.25, 0.3) is 0 Å². The second-order valence-corrected chi connectivity index (χ2v) is 5.61. The molecular formula is C16H18BrNO. The minimum absolute atomic E-state index is 0.0677. The lowest BCUT2D eigenvalue weighted by atomic mass is 9.96. The summed E-state index contributed by atoms with van der Waals surface area (Å²) in [4.78, 5) is 0. The zero-order valence-electron chi connectivity index (χ0n) is 11.2. The Hall–Kier alpha value is -1.32. The molecule has 2 nitrogen and oxygen atoms in total. The van der Waals surface area contributed by atoms with Crippen LogP contribution in [0.5, 0.6) is 0 Å². The standard InChI is InChI=1S/C16H18BrNO/c1-11-5-3-6-12(2)16(11)15(10-19)18-14-8-4-7-13(17)9-14/h3-9,15,18-19H,10H2,1-2H3. The molecule has 2 rings (SSSR count). The maximum absolute atomic E-state index is 9.68. The van der Waals surface area contributed by atoms with Crippen molar-refractivity contribution in [1.29, 1.82) is 0 Å². The summed E-state index contributed by atoms with van der Waals surface area (Å²) in [6.45, 7) is 4.22. The third-order valence-corrected chi connectivity index (χ3v) is 3.73. The molecule has 0 saturated carbocycles. The number of aryl methyl sites for hydroxylation is 2. The first kappa shape index (κ1) is 14.1. The van der Waals surface area contributed by atoms with Gasteiger partial charge in [-0.1, -0.05) is 40.2 Å². The van der Waals surface area contributed by atoms with Crippen molar-refractivity contribution in [3.8, 4) is 0 Å². The van der Waals surface area contributed by atoms with Crippen molar-refractivity contribution in [1.82, 2.24) is 0 Å². The predicted octanol–water partition coefficient (Wildman–Crippen LogP) is 4.21. The maximum Gasteiger partial charge on any atom is 0.0750 e. The van der Waals surface area contributed by atoms with Gasteiger partial charge >= 0.3 is 0 Å². The van der Waals surface area contributed by atoms with Crippen LogP contribution in [0.3, 0.4) is 0 Å². The van der Waals surface area contributed by atoms with Crippen LogP contribution in [0, 0.1) is 13.8 Å². The second kappa shape index (κ2) is 6.22. The van der Waals surface area contributed by atoms with Crippen molar-refractivity contribution < 1.29 is 5.11 Å². The Kier molecular flexibility index (Phi) is 4.61. The Morgan fingerprint density at radius 1 is 1.11 bits per heavy atom. The molecule has 100 valence electrons. The van der Waals surface area contributed by atoms with Gasteiger partial charge in [0.1, 0.15) is 0 Å². The van der Waals surface area contributed by atoms with Crippen LogP contribution in [-0.2, 0) is 0 Å². The first-order valence-corrected chi connectivity index (χ1v) is 7.10. The summed E-state index contributed by atoms with van der Waals surface area (Å²) in [7, 11) is 0. The third kappa shape index (κ3) is 3.37. The predicted molar refractivity (Wildman–Crippen MR) is 83.5 cm³/mol. The van der Waals surface area contributed by atoms with E-state index in [1.54, 1.807) is 0 Å². The zero-order chi connectivity index (χ0) is 13.8. The lowest BCUT2D eigenvalue weighted by molar-refractivity contribution is 0.275. The van der Waals surface area contributed by atoms with Crippen molar-refractivity contribution in [3.05, 3.63) is 63.6 Å². The van der Waals surface area contributed by atoms with Gasteiger partial charge in [-0.3, -0.25) is 0 Å². The second-order valence-electron chi connectivity index (χ2n) is 4.70. The number of benzene rings is 2. The molecule has 0 amide bonds. The van der Waals surface area contributed by atoms with E-state index in [9.17, 15) is 5.11 Å². The number of aliphatic hydroxyl groups is 1. The van der Waals surface area contributed by atoms with Crippen LogP contribution in [0.2, 0.25) is 0 Å². The van der Waals surface area contributed by atoms with Crippen LogP contribution in [0.25, 0.3) is 0 Å². The maximum atomic E-state index is 9.68. The van der Waals surface area contributed by atoms with E-state index in [1.165, 1.54) is 16.7 Å². The molecule has 0 heterocycles. The molecule has 0 radical (unpaired) electrons. The largest absolute Gasteiger partial charge is 0.394 e. The number of aliphatic hydroxyl groups excluding tert-OH is 1. The molecule has 0 spiro atoms. The molecule has 0 aromatic heterocycles. The Bertz CT molecular complexity index is 548. The summed E-state index contributed by atoms with van der Waals surface area (Å²) in [5.41, 5.74) is 4.56. The summed E-state index contributed by atoms with van der Waals surface area (Å²) >= 11 is 3.46. The number of anilines is 1. The first-order chi connectivity index (χ1) is 9.11. The SMILES string of the molecule is Cc1cccc(C)c1C(CO)Nc1cccc(Br)c1. The fraction of sp³-hybridized carbons (Fsp3) is 0.250. The Morgan fingerprint density at radius 3 is 2.32 bits per heavy atom. The molecule has 0 aliphatic rings. The van der Waals surface area contributed by atoms with Gasteiger partial charge in [-0.05, 0) is 48.7 Å². The molecule has 0 bridgehead atoms. The minimum atomic E-state index is -0.0875. The number of nitrogens with one attached hydrogen (secondary N) is 1. The summed E-state index contributed by atoms with van der Waals surface area (Å²) < 4.78 is 1.02. The highest BCUT2D eigenvalue weighted by molar-refractivity contribution is 9.10. The van der Waals surface area contributed by atoms with Crippen LogP contribution in [0.15, 0.2) is 46.9 Å². The van der Waals surface area contributed by atoms with E-state index in [1.807, 2.05) is 30.3 Å². The van der Waals surface area contributed by atoms with E-state index < -0.39 is 0 Å². The van der Waals surface area contributed by atoms with Crippen LogP contribution < -0.4 is 5.32 Å². The van der Waals surface area contributed by atoms with Gasteiger partial charge in [-0.15, -0.1) is 0 Å². The number of rotatable bonds is 4. The average molecular weight is 320 g/mol. The molecule has 1 unspecified atom stereocenters. The minimum Gasteiger partial charge on any atom is -0.394 e. The fourth-order valence-corrected chi connectivity index (χ4v) is 2.76. The van der Waals surface area contributed by atoms with Crippen molar-refractivity contribution in [2.75, 3.05) is 11.9 Å². The average Bonchev–Trinajstić information content (AvgIpc) is 2.37. The summed E-state index contributed by atoms with van der Waals surface area (Å²) in [6.07, 6.45) is 0. The van der Waals surface area contributed by atoms with Crippen molar-refractivity contribution in [2.45, 2.75) is 19.9 Å². The highest BCUT2D eigenvalue weighted by atomic mass is 79.9. The van der Waals surface area contributed by atoms with Crippen molar-refractivity contribution in [2.24, 2.45) is 0 Å². The third-order valence-electron chi connectivity index (χ3n) is 3.24. The van der Waals surface area contributed by atoms with E-state index in [4.69, 9.17) is 0 Å². The zero-order valence-corrected chi connectivity index (χ0v) is 12.7. The van der Waals surface area contributed by atoms with Gasteiger partial charge < -0.3 is 10.4 Å². The topological polar surface area (TPSA) is 32.3 Å². The molecule has 2 aromatic rings. The quantitative estimate of drug-likeness (QED) is 0.884. The van der Waals surface area contributed by atoms with Gasteiger partial charge in [-0.2, -0.15) is 0 Å². The summed E-state index contributed by atoms with van der Waals surface area (Å²) in [5.74, 6) is 0. The molecular weight excluding hydrogens is 302 g/mol. The Morgan fingerprint density at radius 2 is 1.74 bits per heavy atom. The van der Waals surface area contributed by atoms with Gasteiger partial charge in [0, 0.05) is 10.2 Å². The molecule has 2 aromatic carbocycles. The summed E-state index contributed by atoms with van der Waals surface area (Å²) in [6, 6.07) is 14.1.